The Balaban J connectivity index is 1.78. The number of fused-ring (bicyclic) bond motifs is 3. The zero-order chi connectivity index (χ0) is 22.8. The van der Waals surface area contributed by atoms with Gasteiger partial charge in [0, 0.05) is 24.7 Å². The van der Waals surface area contributed by atoms with Crippen LogP contribution >= 0.6 is 8.45 Å². The molecule has 0 amide bonds. The lowest BCUT2D eigenvalue weighted by atomic mass is 9.91. The van der Waals surface area contributed by atoms with E-state index in [0.717, 1.165) is 18.8 Å². The predicted molar refractivity (Wildman–Crippen MR) is 139 cm³/mol. The Morgan fingerprint density at radius 3 is 2.15 bits per heavy atom. The van der Waals surface area contributed by atoms with Crippen molar-refractivity contribution in [3.8, 4) is 5.75 Å². The Labute approximate surface area is 198 Å². The number of hydrogen-bond donors (Lipinski definition) is 0. The topological polar surface area (TPSA) is 15.7 Å². The van der Waals surface area contributed by atoms with E-state index >= 15 is 0 Å². The highest BCUT2D eigenvalue weighted by Crippen LogP contribution is 2.62. The van der Waals surface area contributed by atoms with Gasteiger partial charge in [0.2, 0.25) is 8.45 Å². The van der Waals surface area contributed by atoms with Gasteiger partial charge in [0.25, 0.3) is 0 Å². The molecule has 0 fully saturated rings. The monoisotopic (exact) mass is 454 g/mol. The van der Waals surface area contributed by atoms with Crippen molar-refractivity contribution in [1.29, 1.82) is 0 Å². The summed E-state index contributed by atoms with van der Waals surface area (Å²) < 4.78 is 12.0. The first-order valence-corrected chi connectivity index (χ1v) is 13.0. The van der Waals surface area contributed by atoms with Crippen LogP contribution in [-0.2, 0) is 0 Å². The minimum Gasteiger partial charge on any atom is -0.444 e. The maximum atomic E-state index is 6.91. The van der Waals surface area contributed by atoms with Gasteiger partial charge in [0.15, 0.2) is 0 Å². The number of hydrogen-bond acceptors (Lipinski definition) is 3. The van der Waals surface area contributed by atoms with Crippen LogP contribution in [0.3, 0.4) is 0 Å². The van der Waals surface area contributed by atoms with E-state index in [9.17, 15) is 0 Å². The summed E-state index contributed by atoms with van der Waals surface area (Å²) in [5.74, 6) is 1.01. The van der Waals surface area contributed by atoms with Gasteiger partial charge in [0.05, 0.1) is 6.04 Å². The average Bonchev–Trinajstić information content (AvgIpc) is 2.89. The van der Waals surface area contributed by atoms with E-state index in [1.807, 2.05) is 0 Å². The van der Waals surface area contributed by atoms with Gasteiger partial charge in [0.1, 0.15) is 5.75 Å². The SMILES string of the molecule is CCN(CC)P1Oc2ccc3ccccc3c2[C@@H](c2ccccc2)N1[C@H](C)c1ccccc1. The molecule has 1 unspecified atom stereocenters. The lowest BCUT2D eigenvalue weighted by Gasteiger charge is -2.48. The summed E-state index contributed by atoms with van der Waals surface area (Å²) >= 11 is 0. The highest BCUT2D eigenvalue weighted by Gasteiger charge is 2.44. The van der Waals surface area contributed by atoms with E-state index in [4.69, 9.17) is 4.52 Å². The molecule has 168 valence electrons. The van der Waals surface area contributed by atoms with E-state index in [-0.39, 0.29) is 12.1 Å². The van der Waals surface area contributed by atoms with E-state index in [2.05, 4.69) is 127 Å². The van der Waals surface area contributed by atoms with Gasteiger partial charge >= 0.3 is 0 Å². The quantitative estimate of drug-likeness (QED) is 0.275. The standard InChI is InChI=1S/C29H31N2OP/c1-4-30(5-2)33-31(22(3)23-14-8-6-9-15-23)29(25-17-10-7-11-18-25)28-26-19-13-12-16-24(26)20-21-27(28)32-33/h6-22,29H,4-5H2,1-3H3/t22-,29-,33?/m1/s1. The Hall–Kier alpha value is -2.71. The van der Waals surface area contributed by atoms with E-state index in [1.165, 1.54) is 27.5 Å². The second-order valence-electron chi connectivity index (χ2n) is 8.46. The third-order valence-corrected chi connectivity index (χ3v) is 8.99. The molecule has 0 spiro atoms. The summed E-state index contributed by atoms with van der Waals surface area (Å²) in [6.45, 7) is 8.68. The van der Waals surface area contributed by atoms with Gasteiger partial charge in [-0.2, -0.15) is 0 Å². The van der Waals surface area contributed by atoms with Crippen LogP contribution in [0.25, 0.3) is 10.8 Å². The van der Waals surface area contributed by atoms with Crippen LogP contribution in [-0.4, -0.2) is 22.4 Å². The maximum Gasteiger partial charge on any atom is 0.249 e. The number of nitrogens with zero attached hydrogens (tertiary/aromatic N) is 2. The van der Waals surface area contributed by atoms with Crippen LogP contribution in [0.5, 0.6) is 5.75 Å². The summed E-state index contributed by atoms with van der Waals surface area (Å²) in [5.41, 5.74) is 3.89. The summed E-state index contributed by atoms with van der Waals surface area (Å²) in [6, 6.07) is 35.1. The van der Waals surface area contributed by atoms with Crippen molar-refractivity contribution in [3.63, 3.8) is 0 Å². The number of rotatable bonds is 6. The molecule has 0 aromatic heterocycles. The van der Waals surface area contributed by atoms with Crippen molar-refractivity contribution < 1.29 is 4.52 Å². The van der Waals surface area contributed by atoms with E-state index in [1.54, 1.807) is 0 Å². The molecule has 1 aliphatic heterocycles. The molecule has 0 aliphatic carbocycles. The minimum atomic E-state index is -1.00. The van der Waals surface area contributed by atoms with Gasteiger partial charge in [-0.25, -0.2) is 9.34 Å². The Kier molecular flexibility index (Phi) is 6.46. The Morgan fingerprint density at radius 1 is 0.818 bits per heavy atom. The summed E-state index contributed by atoms with van der Waals surface area (Å²) in [7, 11) is -1.00. The molecule has 0 radical (unpaired) electrons. The molecule has 3 nitrogen and oxygen atoms in total. The molecule has 5 rings (SSSR count). The van der Waals surface area contributed by atoms with Crippen LogP contribution in [0.15, 0.2) is 97.1 Å². The van der Waals surface area contributed by atoms with Crippen LogP contribution in [0.4, 0.5) is 0 Å². The zero-order valence-electron chi connectivity index (χ0n) is 19.6. The lowest BCUT2D eigenvalue weighted by molar-refractivity contribution is 0.242. The van der Waals surface area contributed by atoms with E-state index < -0.39 is 8.45 Å². The first-order chi connectivity index (χ1) is 16.2. The van der Waals surface area contributed by atoms with Crippen molar-refractivity contribution in [2.45, 2.75) is 32.9 Å². The highest BCUT2D eigenvalue weighted by atomic mass is 31.2. The van der Waals surface area contributed by atoms with Crippen LogP contribution < -0.4 is 4.52 Å². The van der Waals surface area contributed by atoms with Gasteiger partial charge in [-0.3, -0.25) is 0 Å². The molecule has 1 aliphatic rings. The minimum absolute atomic E-state index is 0.1000. The lowest BCUT2D eigenvalue weighted by Crippen LogP contribution is -2.39. The van der Waals surface area contributed by atoms with Crippen LogP contribution in [0, 0.1) is 0 Å². The first kappa shape index (κ1) is 22.1. The van der Waals surface area contributed by atoms with Crippen LogP contribution in [0.1, 0.15) is 49.5 Å². The predicted octanol–water partition coefficient (Wildman–Crippen LogP) is 7.95. The molecule has 4 aromatic rings. The van der Waals surface area contributed by atoms with E-state index in [0.29, 0.717) is 0 Å². The molecule has 1 heterocycles. The maximum absolute atomic E-state index is 6.91. The fourth-order valence-corrected chi connectivity index (χ4v) is 7.08. The molecule has 3 atom stereocenters. The smallest absolute Gasteiger partial charge is 0.249 e. The summed E-state index contributed by atoms with van der Waals surface area (Å²) in [5, 5.41) is 2.52. The Bertz CT molecular complexity index is 1210. The largest absolute Gasteiger partial charge is 0.444 e. The second kappa shape index (κ2) is 9.65. The fourth-order valence-electron chi connectivity index (χ4n) is 4.88. The molecule has 0 N–H and O–H groups in total. The molecule has 4 aromatic carbocycles. The normalized spacial score (nSPS) is 19.3. The van der Waals surface area contributed by atoms with Gasteiger partial charge in [-0.15, -0.1) is 0 Å². The van der Waals surface area contributed by atoms with Crippen molar-refractivity contribution >= 4 is 19.2 Å². The molecular formula is C29H31N2OP. The summed E-state index contributed by atoms with van der Waals surface area (Å²) in [4.78, 5) is 0. The highest BCUT2D eigenvalue weighted by molar-refractivity contribution is 7.48. The van der Waals surface area contributed by atoms with Crippen molar-refractivity contribution in [2.75, 3.05) is 13.1 Å². The molecule has 33 heavy (non-hydrogen) atoms. The molecule has 0 bridgehead atoms. The van der Waals surface area contributed by atoms with Crippen molar-refractivity contribution in [2.24, 2.45) is 0 Å². The summed E-state index contributed by atoms with van der Waals surface area (Å²) in [6.07, 6.45) is 0. The van der Waals surface area contributed by atoms with Crippen molar-refractivity contribution in [1.82, 2.24) is 9.34 Å². The van der Waals surface area contributed by atoms with Gasteiger partial charge in [-0.1, -0.05) is 105 Å². The molecule has 0 saturated heterocycles. The number of benzene rings is 4. The third kappa shape index (κ3) is 4.06. The Morgan fingerprint density at radius 2 is 1.45 bits per heavy atom. The molecular weight excluding hydrogens is 423 g/mol. The molecule has 0 saturated carbocycles. The molecule has 4 heteroatoms. The first-order valence-electron chi connectivity index (χ1n) is 11.9. The average molecular weight is 455 g/mol. The van der Waals surface area contributed by atoms with Crippen molar-refractivity contribution in [3.05, 3.63) is 114 Å². The fraction of sp³-hybridized carbons (Fsp3) is 0.241. The van der Waals surface area contributed by atoms with Gasteiger partial charge in [-0.05, 0) is 34.9 Å². The van der Waals surface area contributed by atoms with Gasteiger partial charge < -0.3 is 4.52 Å². The second-order valence-corrected chi connectivity index (χ2v) is 10.2. The zero-order valence-corrected chi connectivity index (χ0v) is 20.5. The van der Waals surface area contributed by atoms with Crippen LogP contribution in [0.2, 0.25) is 0 Å². The third-order valence-electron chi connectivity index (χ3n) is 6.61.